The highest BCUT2D eigenvalue weighted by Crippen LogP contribution is 2.34. The fourth-order valence-electron chi connectivity index (χ4n) is 0.868. The molecule has 0 bridgehead atoms. The van der Waals surface area contributed by atoms with E-state index in [1.54, 1.807) is 27.2 Å². The van der Waals surface area contributed by atoms with E-state index in [0.29, 0.717) is 0 Å². The largest absolute Gasteiger partial charge is 0.390 e. The average Bonchev–Trinajstić information content (AvgIpc) is 1.81. The molecule has 0 aromatic heterocycles. The Morgan fingerprint density at radius 1 is 1.31 bits per heavy atom. The zero-order chi connectivity index (χ0) is 10.5. The summed E-state index contributed by atoms with van der Waals surface area (Å²) < 4.78 is 11.3. The molecule has 0 saturated carbocycles. The molecule has 0 aromatic carbocycles. The van der Waals surface area contributed by atoms with E-state index in [9.17, 15) is 9.67 Å². The summed E-state index contributed by atoms with van der Waals surface area (Å²) >= 11 is 0. The molecule has 0 rings (SSSR count). The van der Waals surface area contributed by atoms with Gasteiger partial charge in [0.2, 0.25) is 0 Å². The number of hydrogen-bond donors (Lipinski definition) is 2. The summed E-state index contributed by atoms with van der Waals surface area (Å²) in [5.41, 5.74) is -0.602. The molecule has 0 aliphatic carbocycles. The van der Waals surface area contributed by atoms with Crippen molar-refractivity contribution < 1.29 is 9.67 Å². The third-order valence-corrected chi connectivity index (χ3v) is 3.04. The lowest BCUT2D eigenvalue weighted by molar-refractivity contribution is 0.0714. The van der Waals surface area contributed by atoms with Crippen molar-refractivity contribution in [1.82, 2.24) is 5.32 Å². The van der Waals surface area contributed by atoms with Crippen LogP contribution in [0.15, 0.2) is 0 Å². The molecule has 0 aliphatic heterocycles. The number of rotatable bonds is 6. The minimum atomic E-state index is -1.87. The van der Waals surface area contributed by atoms with E-state index in [2.05, 4.69) is 5.32 Å². The lowest BCUT2D eigenvalue weighted by Crippen LogP contribution is -2.28. The predicted molar refractivity (Wildman–Crippen MR) is 58.1 cm³/mol. The Bertz CT molecular complexity index is 181. The molecule has 0 aliphatic rings. The van der Waals surface area contributed by atoms with Gasteiger partial charge in [0.05, 0.1) is 12.7 Å². The first-order valence-corrected chi connectivity index (χ1v) is 7.46. The second-order valence-electron chi connectivity index (χ2n) is 4.61. The fourth-order valence-corrected chi connectivity index (χ4v) is 1.56. The van der Waals surface area contributed by atoms with Gasteiger partial charge in [-0.1, -0.05) is 0 Å². The Kier molecular flexibility index (Phi) is 5.19. The molecule has 2 N–H and O–H groups in total. The molecule has 0 fully saturated rings. The Balaban J connectivity index is 3.33. The topological polar surface area (TPSA) is 49.3 Å². The van der Waals surface area contributed by atoms with Crippen LogP contribution < -0.4 is 5.32 Å². The van der Waals surface area contributed by atoms with Crippen LogP contribution in [0.4, 0.5) is 0 Å². The summed E-state index contributed by atoms with van der Waals surface area (Å²) in [6, 6.07) is 0. The molecule has 80 valence electrons. The van der Waals surface area contributed by atoms with E-state index in [4.69, 9.17) is 0 Å². The first-order chi connectivity index (χ1) is 5.71. The summed E-state index contributed by atoms with van der Waals surface area (Å²) in [6.07, 6.45) is 1.46. The second-order valence-corrected chi connectivity index (χ2v) is 8.21. The highest BCUT2D eigenvalue weighted by atomic mass is 31.2. The molecule has 0 spiro atoms. The van der Waals surface area contributed by atoms with E-state index >= 15 is 0 Å². The van der Waals surface area contributed by atoms with Gasteiger partial charge < -0.3 is 15.0 Å². The third-order valence-electron chi connectivity index (χ3n) is 1.74. The smallest absolute Gasteiger partial charge is 0.0831 e. The lowest BCUT2D eigenvalue weighted by Gasteiger charge is -2.17. The summed E-state index contributed by atoms with van der Waals surface area (Å²) in [5, 5.41) is 12.5. The molecule has 0 atom stereocenters. The van der Waals surface area contributed by atoms with Crippen LogP contribution in [0.3, 0.4) is 0 Å². The van der Waals surface area contributed by atoms with Crippen LogP contribution in [0.1, 0.15) is 20.3 Å². The molecule has 0 radical (unpaired) electrons. The lowest BCUT2D eigenvalue weighted by atomic mass is 10.1. The Labute approximate surface area is 81.3 Å². The van der Waals surface area contributed by atoms with Gasteiger partial charge >= 0.3 is 0 Å². The number of nitrogens with one attached hydrogen (secondary N) is 1. The zero-order valence-corrected chi connectivity index (χ0v) is 10.0. The number of hydrogen-bond acceptors (Lipinski definition) is 3. The van der Waals surface area contributed by atoms with Crippen LogP contribution >= 0.6 is 7.14 Å². The fraction of sp³-hybridized carbons (Fsp3) is 1.00. The molecular weight excluding hydrogens is 185 g/mol. The molecule has 0 unspecified atom stereocenters. The Hall–Kier alpha value is 0.150. The minimum Gasteiger partial charge on any atom is -0.390 e. The molecule has 0 saturated heterocycles. The minimum absolute atomic E-state index is 0.602. The van der Waals surface area contributed by atoms with Crippen LogP contribution in [0.5, 0.6) is 0 Å². The maximum Gasteiger partial charge on any atom is 0.0831 e. The van der Waals surface area contributed by atoms with Gasteiger partial charge in [0.1, 0.15) is 0 Å². The number of aliphatic hydroxyl groups is 1. The summed E-state index contributed by atoms with van der Waals surface area (Å²) in [4.78, 5) is 0. The van der Waals surface area contributed by atoms with Crippen LogP contribution in [0.2, 0.25) is 0 Å². The van der Waals surface area contributed by atoms with Crippen LogP contribution in [-0.4, -0.2) is 43.3 Å². The van der Waals surface area contributed by atoms with Gasteiger partial charge in [-0.05, 0) is 40.1 Å². The highest BCUT2D eigenvalue weighted by Gasteiger charge is 2.11. The van der Waals surface area contributed by atoms with Crippen molar-refractivity contribution in [3.05, 3.63) is 0 Å². The van der Waals surface area contributed by atoms with Crippen LogP contribution in [-0.2, 0) is 4.57 Å². The van der Waals surface area contributed by atoms with Gasteiger partial charge in [0.25, 0.3) is 0 Å². The van der Waals surface area contributed by atoms with Crippen LogP contribution in [0, 0.1) is 0 Å². The predicted octanol–water partition coefficient (Wildman–Crippen LogP) is 1.36. The van der Waals surface area contributed by atoms with Gasteiger partial charge in [-0.15, -0.1) is 0 Å². The third kappa shape index (κ3) is 12.1. The maximum absolute atomic E-state index is 11.3. The van der Waals surface area contributed by atoms with Crippen molar-refractivity contribution in [2.45, 2.75) is 25.9 Å². The second kappa shape index (κ2) is 5.14. The van der Waals surface area contributed by atoms with Crippen LogP contribution in [0.25, 0.3) is 0 Å². The summed E-state index contributed by atoms with van der Waals surface area (Å²) in [7, 11) is -1.87. The van der Waals surface area contributed by atoms with E-state index in [0.717, 1.165) is 25.7 Å². The molecular formula is C9H22NO2P. The molecule has 0 amide bonds. The van der Waals surface area contributed by atoms with Crippen molar-refractivity contribution >= 4 is 7.14 Å². The van der Waals surface area contributed by atoms with E-state index < -0.39 is 12.7 Å². The molecule has 0 heterocycles. The van der Waals surface area contributed by atoms with Gasteiger partial charge in [0, 0.05) is 12.7 Å². The van der Waals surface area contributed by atoms with Gasteiger partial charge in [0.15, 0.2) is 0 Å². The Morgan fingerprint density at radius 2 is 1.85 bits per heavy atom. The van der Waals surface area contributed by atoms with Crippen molar-refractivity contribution in [3.8, 4) is 0 Å². The van der Waals surface area contributed by atoms with E-state index in [1.165, 1.54) is 0 Å². The maximum atomic E-state index is 11.3. The summed E-state index contributed by atoms with van der Waals surface area (Å²) in [5.74, 6) is 0. The van der Waals surface area contributed by atoms with Crippen molar-refractivity contribution in [2.75, 3.05) is 32.6 Å². The van der Waals surface area contributed by atoms with Crippen molar-refractivity contribution in [2.24, 2.45) is 0 Å². The standard InChI is InChI=1S/C9H22NO2P/c1-9(2,11)5-6-10-7-8-13(3,4)12/h10-11H,5-8H2,1-4H3. The van der Waals surface area contributed by atoms with Crippen molar-refractivity contribution in [3.63, 3.8) is 0 Å². The highest BCUT2D eigenvalue weighted by molar-refractivity contribution is 7.62. The van der Waals surface area contributed by atoms with E-state index in [1.807, 2.05) is 0 Å². The monoisotopic (exact) mass is 207 g/mol. The average molecular weight is 207 g/mol. The first kappa shape index (κ1) is 13.2. The molecule has 3 nitrogen and oxygen atoms in total. The van der Waals surface area contributed by atoms with Crippen molar-refractivity contribution in [1.29, 1.82) is 0 Å². The molecule has 0 aromatic rings. The van der Waals surface area contributed by atoms with Gasteiger partial charge in [-0.3, -0.25) is 0 Å². The quantitative estimate of drug-likeness (QED) is 0.510. The normalized spacial score (nSPS) is 13.3. The summed E-state index contributed by atoms with van der Waals surface area (Å²) in [6.45, 7) is 8.73. The Morgan fingerprint density at radius 3 is 2.23 bits per heavy atom. The van der Waals surface area contributed by atoms with Gasteiger partial charge in [-0.25, -0.2) is 0 Å². The van der Waals surface area contributed by atoms with E-state index in [-0.39, 0.29) is 0 Å². The molecule has 13 heavy (non-hydrogen) atoms. The first-order valence-electron chi connectivity index (χ1n) is 4.68. The zero-order valence-electron chi connectivity index (χ0n) is 9.13. The molecule has 4 heteroatoms. The SMILES string of the molecule is CC(C)(O)CCNCCP(C)(C)=O. The van der Waals surface area contributed by atoms with Gasteiger partial charge in [-0.2, -0.15) is 0 Å².